The number of halogens is 1. The number of rotatable bonds is 8. The molecule has 0 unspecified atom stereocenters. The number of esters is 3. The van der Waals surface area contributed by atoms with Gasteiger partial charge in [0, 0.05) is 37.8 Å². The lowest BCUT2D eigenvalue weighted by atomic mass is 9.94. The molecule has 0 aliphatic carbocycles. The molecule has 0 saturated carbocycles. The van der Waals surface area contributed by atoms with Crippen LogP contribution in [0.3, 0.4) is 0 Å². The van der Waals surface area contributed by atoms with Crippen molar-refractivity contribution < 1.29 is 38.1 Å². The Labute approximate surface area is 242 Å². The summed E-state index contributed by atoms with van der Waals surface area (Å²) >= 11 is 9.46. The first kappa shape index (κ1) is 29.8. The van der Waals surface area contributed by atoms with Gasteiger partial charge in [-0.1, -0.05) is 41.6 Å². The van der Waals surface area contributed by atoms with E-state index in [1.807, 2.05) is 24.3 Å². The first-order valence-corrected chi connectivity index (χ1v) is 14.5. The molecule has 1 N–H and O–H groups in total. The lowest BCUT2D eigenvalue weighted by molar-refractivity contribution is -0.238. The fourth-order valence-corrected chi connectivity index (χ4v) is 6.49. The number of ether oxygens (including phenoxy) is 4. The number of fused-ring (bicyclic) bond motifs is 1. The molecule has 0 spiro atoms. The van der Waals surface area contributed by atoms with Gasteiger partial charge in [0.25, 0.3) is 0 Å². The maximum absolute atomic E-state index is 12.4. The quantitative estimate of drug-likeness (QED) is 0.227. The molecular weight excluding hydrogens is 584 g/mol. The standard InChI is InChI=1S/C25H27ClN4O8S2/c1-11(31)27-19-21(37-14(4)34)20(36-13(3)33)16(10-35-12(2)32)38-24(19)30-23(28-29-25(30)39-5)22-18(26)15-8-6-7-9-17(15)40-22/h6-9,16,19-21,24H,10H2,1-5H3,(H,27,31)/t16-,19-,20-,21-,24-/m1/s1. The maximum atomic E-state index is 12.4. The zero-order chi connectivity index (χ0) is 29.1. The molecule has 0 bridgehead atoms. The predicted octanol–water partition coefficient (Wildman–Crippen LogP) is 3.36. The highest BCUT2D eigenvalue weighted by atomic mass is 35.5. The average Bonchev–Trinajstić information content (AvgIpc) is 3.45. The van der Waals surface area contributed by atoms with Crippen LogP contribution in [0.15, 0.2) is 29.4 Å². The largest absolute Gasteiger partial charge is 0.463 e. The Morgan fingerprint density at radius 2 is 1.73 bits per heavy atom. The van der Waals surface area contributed by atoms with Gasteiger partial charge < -0.3 is 24.3 Å². The van der Waals surface area contributed by atoms with Crippen LogP contribution < -0.4 is 5.32 Å². The SMILES string of the molecule is CSc1nnc(-c2sc3ccccc3c2Cl)n1[C@@H]1O[C@H](COC(C)=O)[C@@H](OC(C)=O)[C@H](OC(C)=O)[C@H]1NC(C)=O. The fourth-order valence-electron chi connectivity index (χ4n) is 4.49. The molecule has 5 atom stereocenters. The topological polar surface area (TPSA) is 148 Å². The van der Waals surface area contributed by atoms with E-state index in [1.165, 1.54) is 50.8 Å². The summed E-state index contributed by atoms with van der Waals surface area (Å²) in [5.41, 5.74) is 0. The Bertz CT molecular complexity index is 1440. The van der Waals surface area contributed by atoms with Gasteiger partial charge in [-0.05, 0) is 12.3 Å². The second-order valence-corrected chi connectivity index (χ2v) is 11.1. The van der Waals surface area contributed by atoms with E-state index in [0.717, 1.165) is 10.1 Å². The van der Waals surface area contributed by atoms with E-state index in [2.05, 4.69) is 15.5 Å². The lowest BCUT2D eigenvalue weighted by Crippen LogP contribution is -2.64. The second-order valence-electron chi connectivity index (χ2n) is 8.86. The molecule has 4 rings (SSSR count). The summed E-state index contributed by atoms with van der Waals surface area (Å²) in [6.07, 6.45) is -2.86. The highest BCUT2D eigenvalue weighted by molar-refractivity contribution is 7.98. The molecule has 3 aromatic rings. The minimum Gasteiger partial charge on any atom is -0.463 e. The van der Waals surface area contributed by atoms with E-state index in [9.17, 15) is 19.2 Å². The molecule has 1 aliphatic heterocycles. The molecule has 2 aromatic heterocycles. The molecule has 12 nitrogen and oxygen atoms in total. The highest BCUT2D eigenvalue weighted by Gasteiger charge is 2.52. The van der Waals surface area contributed by atoms with Crippen molar-refractivity contribution in [2.24, 2.45) is 0 Å². The van der Waals surface area contributed by atoms with Crippen LogP contribution in [0.1, 0.15) is 33.9 Å². The molecule has 40 heavy (non-hydrogen) atoms. The van der Waals surface area contributed by atoms with Crippen molar-refractivity contribution in [3.05, 3.63) is 29.3 Å². The fraction of sp³-hybridized carbons (Fsp3) is 0.440. The molecule has 1 aromatic carbocycles. The molecule has 1 fully saturated rings. The van der Waals surface area contributed by atoms with Crippen molar-refractivity contribution in [1.29, 1.82) is 0 Å². The molecule has 1 aliphatic rings. The molecule has 3 heterocycles. The van der Waals surface area contributed by atoms with Gasteiger partial charge in [-0.3, -0.25) is 23.7 Å². The summed E-state index contributed by atoms with van der Waals surface area (Å²) < 4.78 is 25.3. The Kier molecular flexibility index (Phi) is 9.33. The van der Waals surface area contributed by atoms with E-state index >= 15 is 0 Å². The maximum Gasteiger partial charge on any atom is 0.303 e. The third-order valence-electron chi connectivity index (χ3n) is 5.93. The summed E-state index contributed by atoms with van der Waals surface area (Å²) in [7, 11) is 0. The zero-order valence-electron chi connectivity index (χ0n) is 22.2. The van der Waals surface area contributed by atoms with Crippen LogP contribution >= 0.6 is 34.7 Å². The van der Waals surface area contributed by atoms with Gasteiger partial charge in [0.1, 0.15) is 18.8 Å². The van der Waals surface area contributed by atoms with Crippen molar-refractivity contribution in [2.75, 3.05) is 12.9 Å². The van der Waals surface area contributed by atoms with Crippen LogP contribution in [0.25, 0.3) is 20.8 Å². The van der Waals surface area contributed by atoms with Gasteiger partial charge in [-0.15, -0.1) is 21.5 Å². The molecule has 15 heteroatoms. The smallest absolute Gasteiger partial charge is 0.303 e. The minimum atomic E-state index is -1.23. The number of aromatic nitrogens is 3. The first-order chi connectivity index (χ1) is 19.0. The number of nitrogens with one attached hydrogen (secondary N) is 1. The number of carbonyl (C=O) groups excluding carboxylic acids is 4. The van der Waals surface area contributed by atoms with Gasteiger partial charge in [-0.25, -0.2) is 0 Å². The average molecular weight is 611 g/mol. The van der Waals surface area contributed by atoms with Crippen LogP contribution in [0.2, 0.25) is 5.02 Å². The van der Waals surface area contributed by atoms with E-state index in [1.54, 1.807) is 10.8 Å². The van der Waals surface area contributed by atoms with Crippen LogP contribution in [-0.2, 0) is 38.1 Å². The van der Waals surface area contributed by atoms with Crippen molar-refractivity contribution >= 4 is 68.6 Å². The van der Waals surface area contributed by atoms with Crippen molar-refractivity contribution in [3.8, 4) is 10.7 Å². The highest BCUT2D eigenvalue weighted by Crippen LogP contribution is 2.44. The van der Waals surface area contributed by atoms with Crippen molar-refractivity contribution in [1.82, 2.24) is 20.1 Å². The Morgan fingerprint density at radius 3 is 2.33 bits per heavy atom. The van der Waals surface area contributed by atoms with Gasteiger partial charge in [-0.2, -0.15) is 0 Å². The molecular formula is C25H27ClN4O8S2. The minimum absolute atomic E-state index is 0.329. The molecule has 1 saturated heterocycles. The molecule has 1 amide bonds. The number of nitrogens with zero attached hydrogens (tertiary/aromatic N) is 3. The Balaban J connectivity index is 1.91. The number of benzene rings is 1. The van der Waals surface area contributed by atoms with Gasteiger partial charge in [0.2, 0.25) is 5.91 Å². The number of thiophene rings is 1. The Hall–Kier alpha value is -3.20. The monoisotopic (exact) mass is 610 g/mol. The second kappa shape index (κ2) is 12.5. The summed E-state index contributed by atoms with van der Waals surface area (Å²) in [6.45, 7) is 4.55. The number of hydrogen-bond acceptors (Lipinski definition) is 12. The number of amides is 1. The van der Waals surface area contributed by atoms with E-state index in [0.29, 0.717) is 20.9 Å². The number of thioether (sulfide) groups is 1. The van der Waals surface area contributed by atoms with Gasteiger partial charge in [0.15, 0.2) is 29.4 Å². The molecule has 214 valence electrons. The van der Waals surface area contributed by atoms with Crippen LogP contribution in [-0.4, -0.2) is 75.8 Å². The van der Waals surface area contributed by atoms with Crippen LogP contribution in [0, 0.1) is 0 Å². The summed E-state index contributed by atoms with van der Waals surface area (Å²) in [5, 5.41) is 13.2. The Morgan fingerprint density at radius 1 is 1.05 bits per heavy atom. The van der Waals surface area contributed by atoms with Gasteiger partial charge in [0.05, 0.1) is 9.90 Å². The van der Waals surface area contributed by atoms with Crippen LogP contribution in [0.5, 0.6) is 0 Å². The summed E-state index contributed by atoms with van der Waals surface area (Å²) in [6, 6.07) is 6.51. The van der Waals surface area contributed by atoms with E-state index < -0.39 is 54.4 Å². The number of carbonyl (C=O) groups is 4. The first-order valence-electron chi connectivity index (χ1n) is 12.1. The van der Waals surface area contributed by atoms with E-state index in [-0.39, 0.29) is 6.61 Å². The summed E-state index contributed by atoms with van der Waals surface area (Å²) in [5.74, 6) is -2.09. The van der Waals surface area contributed by atoms with Crippen molar-refractivity contribution in [3.63, 3.8) is 0 Å². The van der Waals surface area contributed by atoms with Gasteiger partial charge >= 0.3 is 17.9 Å². The van der Waals surface area contributed by atoms with Crippen molar-refractivity contribution in [2.45, 2.75) is 63.4 Å². The lowest BCUT2D eigenvalue weighted by Gasteiger charge is -2.45. The summed E-state index contributed by atoms with van der Waals surface area (Å²) in [4.78, 5) is 49.0. The third kappa shape index (κ3) is 6.24. The predicted molar refractivity (Wildman–Crippen MR) is 147 cm³/mol. The third-order valence-corrected chi connectivity index (χ3v) is 8.24. The van der Waals surface area contributed by atoms with E-state index in [4.69, 9.17) is 30.5 Å². The molecule has 0 radical (unpaired) electrons. The normalized spacial score (nSPS) is 22.5. The zero-order valence-corrected chi connectivity index (χ0v) is 24.6. The number of hydrogen-bond donors (Lipinski definition) is 1. The van der Waals surface area contributed by atoms with Crippen LogP contribution in [0.4, 0.5) is 0 Å².